The van der Waals surface area contributed by atoms with Crippen LogP contribution in [0.15, 0.2) is 0 Å². The summed E-state index contributed by atoms with van der Waals surface area (Å²) in [5, 5.41) is 0. The van der Waals surface area contributed by atoms with Gasteiger partial charge in [0, 0.05) is 0 Å². The Morgan fingerprint density at radius 3 is 1.18 bits per heavy atom. The third-order valence-electron chi connectivity index (χ3n) is 0.213. The van der Waals surface area contributed by atoms with E-state index in [2.05, 4.69) is 4.31 Å². The Balaban J connectivity index is -0.000000107. The zero-order valence-electron chi connectivity index (χ0n) is 6.32. The minimum atomic E-state index is -5.05. The molecule has 0 amide bonds. The SMILES string of the molecule is O=P(O)(O)OP(=O)(O)O.[AtH].[H-].[K+]. The first-order valence-electron chi connectivity index (χ1n) is 1.53. The first-order chi connectivity index (χ1) is 3.71. The standard InChI is InChI=1S/AtH.K.H4O7P2.H/c;;1-8(2,3)7-9(4,5)6;/h1H;;(H2,1,2,3)(H2,4,5,6);/q;+1;;-1. The molecule has 0 saturated heterocycles. The van der Waals surface area contributed by atoms with E-state index in [1.54, 1.807) is 0 Å². The average Bonchev–Trinajstić information content (AvgIpc) is 1.14. The second-order valence-corrected chi connectivity index (χ2v) is 3.68. The maximum atomic E-state index is 9.63. The summed E-state index contributed by atoms with van der Waals surface area (Å²) in [5.74, 6) is 0. The molecule has 0 atom stereocenters. The minimum Gasteiger partial charge on any atom is -1.00 e. The summed E-state index contributed by atoms with van der Waals surface area (Å²) in [7, 11) is -10.1. The van der Waals surface area contributed by atoms with Crippen LogP contribution in [0.25, 0.3) is 0 Å². The van der Waals surface area contributed by atoms with E-state index in [-0.39, 0.29) is 79.0 Å². The van der Waals surface area contributed by atoms with Gasteiger partial charge in [-0.05, 0) is 0 Å². The third-order valence-corrected chi connectivity index (χ3v) is 1.91. The van der Waals surface area contributed by atoms with Crippen LogP contribution in [0.3, 0.4) is 0 Å². The summed E-state index contributed by atoms with van der Waals surface area (Å²) in [4.78, 5) is 31.0. The Labute approximate surface area is 125 Å². The Kier molecular flexibility index (Phi) is 12.5. The molecule has 4 N–H and O–H groups in total. The van der Waals surface area contributed by atoms with Gasteiger partial charge in [0.1, 0.15) is 0 Å². The first-order valence-corrected chi connectivity index (χ1v) is 4.59. The van der Waals surface area contributed by atoms with Gasteiger partial charge in [-0.25, -0.2) is 9.13 Å². The molecule has 0 fully saturated rings. The van der Waals surface area contributed by atoms with Crippen LogP contribution in [-0.4, -0.2) is 19.6 Å². The van der Waals surface area contributed by atoms with E-state index in [1.165, 1.54) is 0 Å². The number of rotatable bonds is 2. The van der Waals surface area contributed by atoms with Crippen molar-refractivity contribution < 1.29 is 112 Å². The maximum Gasteiger partial charge on any atom is 1.00 e. The van der Waals surface area contributed by atoms with Gasteiger partial charge in [0.15, 0.2) is 0 Å². The van der Waals surface area contributed by atoms with Crippen molar-refractivity contribution in [3.63, 3.8) is 0 Å². The minimum absolute atomic E-state index is 0. The topological polar surface area (TPSA) is 124 Å². The van der Waals surface area contributed by atoms with Crippen LogP contribution in [0.5, 0.6) is 0 Å². The molecule has 11 heteroatoms. The molecule has 0 aliphatic rings. The van der Waals surface area contributed by atoms with E-state index in [0.717, 1.165) is 0 Å². The second-order valence-electron chi connectivity index (χ2n) is 1.06. The maximum absolute atomic E-state index is 9.63. The van der Waals surface area contributed by atoms with E-state index < -0.39 is 15.6 Å². The van der Waals surface area contributed by atoms with E-state index in [0.29, 0.717) is 0 Å². The van der Waals surface area contributed by atoms with Crippen LogP contribution in [0.4, 0.5) is 0 Å². The predicted octanol–water partition coefficient (Wildman–Crippen LogP) is -3.96. The summed E-state index contributed by atoms with van der Waals surface area (Å²) in [6, 6.07) is 0. The predicted molar refractivity (Wildman–Crippen MR) is 27.7 cm³/mol. The molecule has 0 aromatic carbocycles. The van der Waals surface area contributed by atoms with Gasteiger partial charge in [0.2, 0.25) is 0 Å². The van der Waals surface area contributed by atoms with Crippen molar-refractivity contribution in [1.82, 2.24) is 0 Å². The van der Waals surface area contributed by atoms with Crippen molar-refractivity contribution >= 4 is 15.6 Å². The Morgan fingerprint density at radius 2 is 1.18 bits per heavy atom. The summed E-state index contributed by atoms with van der Waals surface area (Å²) in [6.07, 6.45) is 0. The fourth-order valence-corrected chi connectivity index (χ4v) is 1.25. The molecule has 0 aromatic heterocycles. The van der Waals surface area contributed by atoms with E-state index in [1.807, 2.05) is 0 Å². The van der Waals surface area contributed by atoms with Crippen molar-refractivity contribution in [2.45, 2.75) is 0 Å². The van der Waals surface area contributed by atoms with Gasteiger partial charge < -0.3 is 21.0 Å². The molecule has 0 saturated carbocycles. The van der Waals surface area contributed by atoms with Gasteiger partial charge >= 0.3 is 93.2 Å². The molecule has 0 aliphatic carbocycles. The van der Waals surface area contributed by atoms with Gasteiger partial charge in [0.05, 0.1) is 0 Å². The van der Waals surface area contributed by atoms with Crippen molar-refractivity contribution in [2.75, 3.05) is 0 Å². The first kappa shape index (κ1) is 19.4. The van der Waals surface area contributed by atoms with Gasteiger partial charge in [-0.2, -0.15) is 4.31 Å². The molecule has 11 heavy (non-hydrogen) atoms. The van der Waals surface area contributed by atoms with Gasteiger partial charge in [0.25, 0.3) is 0 Å². The summed E-state index contributed by atoms with van der Waals surface area (Å²) >= 11 is 0. The fraction of sp³-hybridized carbons (Fsp3) is 0. The summed E-state index contributed by atoms with van der Waals surface area (Å²) in [5.41, 5.74) is 0. The second kappa shape index (κ2) is 7.12. The molecule has 0 aromatic rings. The van der Waals surface area contributed by atoms with Gasteiger partial charge in [-0.15, -0.1) is 0 Å². The van der Waals surface area contributed by atoms with Crippen LogP contribution in [0.2, 0.25) is 0 Å². The summed E-state index contributed by atoms with van der Waals surface area (Å²) in [6.45, 7) is 0. The normalized spacial score (nSPS) is 11.3. The van der Waals surface area contributed by atoms with Crippen molar-refractivity contribution in [3.05, 3.63) is 0 Å². The van der Waals surface area contributed by atoms with Crippen LogP contribution in [0, 0.1) is 26.2 Å². The molecule has 0 unspecified atom stereocenters. The molecule has 0 aliphatic heterocycles. The van der Waals surface area contributed by atoms with Gasteiger partial charge in [-0.3, -0.25) is 0 Å². The van der Waals surface area contributed by atoms with E-state index >= 15 is 0 Å². The fourth-order valence-electron chi connectivity index (χ4n) is 0.139. The Bertz CT molecular complexity index is 162. The van der Waals surface area contributed by atoms with Crippen LogP contribution < -0.4 is 51.4 Å². The van der Waals surface area contributed by atoms with Crippen molar-refractivity contribution in [3.8, 4) is 0 Å². The third kappa shape index (κ3) is 19.3. The zero-order chi connectivity index (χ0) is 7.71. The molecule has 7 nitrogen and oxygen atoms in total. The molecular formula is H6AtKO7P2. The molecule has 66 valence electrons. The molecule has 0 bridgehead atoms. The van der Waals surface area contributed by atoms with Crippen molar-refractivity contribution in [2.24, 2.45) is 0 Å². The van der Waals surface area contributed by atoms with E-state index in [4.69, 9.17) is 19.6 Å². The monoisotopic (exact) mass is 429 g/mol. The Hall–Kier alpha value is 2.78. The molecular weight excluding hydrogens is 423 g/mol. The van der Waals surface area contributed by atoms with Crippen molar-refractivity contribution in [1.29, 1.82) is 0 Å². The number of hydrogen-bond donors (Lipinski definition) is 4. The van der Waals surface area contributed by atoms with Crippen LogP contribution >= 0.6 is 15.6 Å². The molecule has 0 radical (unpaired) electrons. The summed E-state index contributed by atoms with van der Waals surface area (Å²) < 4.78 is 22.2. The number of hydrogen-bond acceptors (Lipinski definition) is 3. The number of phosphoric acid groups is 2. The molecule has 0 spiro atoms. The van der Waals surface area contributed by atoms with E-state index in [9.17, 15) is 9.13 Å². The van der Waals surface area contributed by atoms with Crippen LogP contribution in [-0.2, 0) is 13.4 Å². The molecule has 0 rings (SSSR count). The average molecular weight is 429 g/mol. The Morgan fingerprint density at radius 1 is 1.00 bits per heavy atom. The molecule has 0 heterocycles. The quantitative estimate of drug-likeness (QED) is 0.261. The smallest absolute Gasteiger partial charge is 1.00 e. The largest absolute Gasteiger partial charge is 1.00 e. The zero-order valence-corrected chi connectivity index (χ0v) is 13.4. The van der Waals surface area contributed by atoms with Gasteiger partial charge in [-0.1, -0.05) is 0 Å². The van der Waals surface area contributed by atoms with Crippen LogP contribution in [0.1, 0.15) is 1.43 Å².